The summed E-state index contributed by atoms with van der Waals surface area (Å²) >= 11 is 0. The Morgan fingerprint density at radius 2 is 1.68 bits per heavy atom. The Morgan fingerprint density at radius 1 is 0.920 bits per heavy atom. The van der Waals surface area contributed by atoms with Crippen LogP contribution < -0.4 is 10.2 Å². The minimum absolute atomic E-state index is 0.647. The number of nitrogens with one attached hydrogen (secondary N) is 1. The molecule has 128 valence electrons. The summed E-state index contributed by atoms with van der Waals surface area (Å²) in [6, 6.07) is 14.5. The van der Waals surface area contributed by atoms with Gasteiger partial charge in [0.05, 0.1) is 0 Å². The van der Waals surface area contributed by atoms with Gasteiger partial charge in [0, 0.05) is 38.7 Å². The Bertz CT molecular complexity index is 787. The molecule has 2 heterocycles. The average Bonchev–Trinajstić information content (AvgIpc) is 2.67. The first-order chi connectivity index (χ1) is 12.2. The standard InChI is InChI=1S/C20H23N5/c1-16-3-5-18(6-4-16)15-23-20-22-13-9-19(24-20)25(2)14-10-17-7-11-21-12-8-17/h3-9,11-13H,10,14-15H2,1-2H3,(H,22,23,24). The van der Waals surface area contributed by atoms with Gasteiger partial charge in [-0.3, -0.25) is 4.98 Å². The van der Waals surface area contributed by atoms with Crippen LogP contribution in [-0.2, 0) is 13.0 Å². The predicted molar refractivity (Wildman–Crippen MR) is 102 cm³/mol. The SMILES string of the molecule is Cc1ccc(CNc2nccc(N(C)CCc3ccncc3)n2)cc1. The second-order valence-corrected chi connectivity index (χ2v) is 6.10. The van der Waals surface area contributed by atoms with Crippen molar-refractivity contribution < 1.29 is 0 Å². The Morgan fingerprint density at radius 3 is 2.44 bits per heavy atom. The van der Waals surface area contributed by atoms with E-state index < -0.39 is 0 Å². The van der Waals surface area contributed by atoms with E-state index in [9.17, 15) is 0 Å². The number of aryl methyl sites for hydroxylation is 1. The molecular weight excluding hydrogens is 310 g/mol. The Hall–Kier alpha value is -2.95. The normalized spacial score (nSPS) is 10.5. The van der Waals surface area contributed by atoms with Gasteiger partial charge in [0.1, 0.15) is 5.82 Å². The maximum Gasteiger partial charge on any atom is 0.224 e. The Balaban J connectivity index is 1.57. The van der Waals surface area contributed by atoms with Crippen molar-refractivity contribution in [1.82, 2.24) is 15.0 Å². The fourth-order valence-corrected chi connectivity index (χ4v) is 2.49. The van der Waals surface area contributed by atoms with Gasteiger partial charge < -0.3 is 10.2 Å². The number of benzene rings is 1. The molecule has 0 saturated carbocycles. The zero-order valence-corrected chi connectivity index (χ0v) is 14.7. The van der Waals surface area contributed by atoms with E-state index in [1.165, 1.54) is 16.7 Å². The summed E-state index contributed by atoms with van der Waals surface area (Å²) in [5.74, 6) is 1.56. The van der Waals surface area contributed by atoms with E-state index >= 15 is 0 Å². The third-order valence-corrected chi connectivity index (χ3v) is 4.09. The number of aromatic nitrogens is 3. The largest absolute Gasteiger partial charge is 0.359 e. The van der Waals surface area contributed by atoms with E-state index in [4.69, 9.17) is 0 Å². The second-order valence-electron chi connectivity index (χ2n) is 6.10. The van der Waals surface area contributed by atoms with Crippen LogP contribution in [-0.4, -0.2) is 28.5 Å². The van der Waals surface area contributed by atoms with Crippen molar-refractivity contribution in [3.05, 3.63) is 77.7 Å². The van der Waals surface area contributed by atoms with E-state index in [-0.39, 0.29) is 0 Å². The molecule has 3 aromatic rings. The minimum atomic E-state index is 0.647. The molecule has 0 bridgehead atoms. The van der Waals surface area contributed by atoms with Crippen molar-refractivity contribution in [3.63, 3.8) is 0 Å². The van der Waals surface area contributed by atoms with Gasteiger partial charge >= 0.3 is 0 Å². The van der Waals surface area contributed by atoms with Crippen molar-refractivity contribution in [3.8, 4) is 0 Å². The van der Waals surface area contributed by atoms with Crippen LogP contribution in [0.5, 0.6) is 0 Å². The number of rotatable bonds is 7. The third kappa shape index (κ3) is 5.01. The van der Waals surface area contributed by atoms with Crippen LogP contribution in [0.1, 0.15) is 16.7 Å². The quantitative estimate of drug-likeness (QED) is 0.717. The lowest BCUT2D eigenvalue weighted by Gasteiger charge is -2.18. The van der Waals surface area contributed by atoms with Gasteiger partial charge in [0.15, 0.2) is 0 Å². The van der Waals surface area contributed by atoms with Gasteiger partial charge in [-0.15, -0.1) is 0 Å². The number of pyridine rings is 1. The van der Waals surface area contributed by atoms with E-state index in [0.29, 0.717) is 12.5 Å². The first kappa shape index (κ1) is 16.9. The van der Waals surface area contributed by atoms with Gasteiger partial charge in [-0.25, -0.2) is 4.98 Å². The highest BCUT2D eigenvalue weighted by atomic mass is 15.2. The monoisotopic (exact) mass is 333 g/mol. The molecule has 25 heavy (non-hydrogen) atoms. The number of likely N-dealkylation sites (N-methyl/N-ethyl adjacent to an activating group) is 1. The molecule has 3 rings (SSSR count). The number of nitrogens with zero attached hydrogens (tertiary/aromatic N) is 4. The Labute approximate surface area is 148 Å². The maximum atomic E-state index is 4.61. The van der Waals surface area contributed by atoms with Gasteiger partial charge in [-0.2, -0.15) is 4.98 Å². The van der Waals surface area contributed by atoms with Gasteiger partial charge in [0.2, 0.25) is 5.95 Å². The Kier molecular flexibility index (Phi) is 5.57. The number of anilines is 2. The van der Waals surface area contributed by atoms with Crippen molar-refractivity contribution in [2.45, 2.75) is 19.9 Å². The molecule has 2 aromatic heterocycles. The summed E-state index contributed by atoms with van der Waals surface area (Å²) < 4.78 is 0. The molecular formula is C20H23N5. The second kappa shape index (κ2) is 8.24. The highest BCUT2D eigenvalue weighted by molar-refractivity contribution is 5.42. The average molecular weight is 333 g/mol. The van der Waals surface area contributed by atoms with Crippen molar-refractivity contribution in [2.24, 2.45) is 0 Å². The van der Waals surface area contributed by atoms with Crippen molar-refractivity contribution in [1.29, 1.82) is 0 Å². The van der Waals surface area contributed by atoms with Crippen LogP contribution in [0, 0.1) is 6.92 Å². The molecule has 0 unspecified atom stereocenters. The zero-order chi connectivity index (χ0) is 17.5. The first-order valence-electron chi connectivity index (χ1n) is 8.43. The fraction of sp³-hybridized carbons (Fsp3) is 0.250. The number of hydrogen-bond acceptors (Lipinski definition) is 5. The van der Waals surface area contributed by atoms with Crippen LogP contribution in [0.2, 0.25) is 0 Å². The topological polar surface area (TPSA) is 53.9 Å². The van der Waals surface area contributed by atoms with Crippen LogP contribution >= 0.6 is 0 Å². The molecule has 1 N–H and O–H groups in total. The van der Waals surface area contributed by atoms with Crippen molar-refractivity contribution in [2.75, 3.05) is 23.8 Å². The lowest BCUT2D eigenvalue weighted by Crippen LogP contribution is -2.22. The molecule has 1 aromatic carbocycles. The highest BCUT2D eigenvalue weighted by Gasteiger charge is 2.05. The van der Waals surface area contributed by atoms with Crippen LogP contribution in [0.4, 0.5) is 11.8 Å². The van der Waals surface area contributed by atoms with Gasteiger partial charge in [0.25, 0.3) is 0 Å². The van der Waals surface area contributed by atoms with E-state index in [2.05, 4.69) is 56.4 Å². The maximum absolute atomic E-state index is 4.61. The molecule has 0 saturated heterocycles. The molecule has 0 radical (unpaired) electrons. The van der Waals surface area contributed by atoms with E-state index in [0.717, 1.165) is 18.8 Å². The number of hydrogen-bond donors (Lipinski definition) is 1. The third-order valence-electron chi connectivity index (χ3n) is 4.09. The minimum Gasteiger partial charge on any atom is -0.359 e. The molecule has 0 spiro atoms. The van der Waals surface area contributed by atoms with Crippen molar-refractivity contribution >= 4 is 11.8 Å². The summed E-state index contributed by atoms with van der Waals surface area (Å²) in [6.07, 6.45) is 6.40. The van der Waals surface area contributed by atoms with Crippen LogP contribution in [0.25, 0.3) is 0 Å². The molecule has 0 aliphatic carbocycles. The summed E-state index contributed by atoms with van der Waals surface area (Å²) in [5.41, 5.74) is 3.75. The molecule has 0 aliphatic rings. The van der Waals surface area contributed by atoms with Crippen LogP contribution in [0.15, 0.2) is 61.1 Å². The fourth-order valence-electron chi connectivity index (χ4n) is 2.49. The molecule has 5 heteroatoms. The van der Waals surface area contributed by atoms with Gasteiger partial charge in [-0.1, -0.05) is 29.8 Å². The van der Waals surface area contributed by atoms with E-state index in [1.807, 2.05) is 37.6 Å². The summed E-state index contributed by atoms with van der Waals surface area (Å²) in [4.78, 5) is 15.1. The lowest BCUT2D eigenvalue weighted by atomic mass is 10.1. The van der Waals surface area contributed by atoms with E-state index in [1.54, 1.807) is 6.20 Å². The summed E-state index contributed by atoms with van der Waals surface area (Å²) in [7, 11) is 2.05. The zero-order valence-electron chi connectivity index (χ0n) is 14.7. The highest BCUT2D eigenvalue weighted by Crippen LogP contribution is 2.12. The van der Waals surface area contributed by atoms with Crippen LogP contribution in [0.3, 0.4) is 0 Å². The predicted octanol–water partition coefficient (Wildman–Crippen LogP) is 3.47. The molecule has 0 aliphatic heterocycles. The van der Waals surface area contributed by atoms with Gasteiger partial charge in [-0.05, 0) is 42.7 Å². The smallest absolute Gasteiger partial charge is 0.224 e. The summed E-state index contributed by atoms with van der Waals surface area (Å²) in [5, 5.41) is 3.29. The molecule has 0 atom stereocenters. The first-order valence-corrected chi connectivity index (χ1v) is 8.43. The summed E-state index contributed by atoms with van der Waals surface area (Å²) in [6.45, 7) is 3.69. The molecule has 5 nitrogen and oxygen atoms in total. The molecule has 0 fully saturated rings. The lowest BCUT2D eigenvalue weighted by molar-refractivity contribution is 0.853. The molecule has 0 amide bonds.